The summed E-state index contributed by atoms with van der Waals surface area (Å²) in [6, 6.07) is 6.84. The molecular formula is C13H16B4FN5O2. The minimum atomic E-state index is -1.11. The number of nitriles is 1. The molecule has 1 aromatic carbocycles. The van der Waals surface area contributed by atoms with Crippen LogP contribution in [-0.4, -0.2) is 57.3 Å². The predicted molar refractivity (Wildman–Crippen MR) is 103 cm³/mol. The number of ether oxygens (including phenoxy) is 1. The van der Waals surface area contributed by atoms with Crippen molar-refractivity contribution < 1.29 is 14.2 Å². The van der Waals surface area contributed by atoms with Gasteiger partial charge in [-0.05, 0) is 18.2 Å². The summed E-state index contributed by atoms with van der Waals surface area (Å²) in [5.74, 6) is -0.543. The first-order chi connectivity index (χ1) is 11.5. The normalized spacial score (nSPS) is 11.6. The second-order valence-corrected chi connectivity index (χ2v) is 6.55. The molecular weight excluding hydrogens is 320 g/mol. The van der Waals surface area contributed by atoms with E-state index in [0.29, 0.717) is 11.4 Å². The molecule has 0 saturated carbocycles. The number of nitrogens with two attached hydrogens (primary N) is 1. The lowest BCUT2D eigenvalue weighted by Gasteiger charge is -2.39. The van der Waals surface area contributed by atoms with Gasteiger partial charge in [0.1, 0.15) is 43.2 Å². The summed E-state index contributed by atoms with van der Waals surface area (Å²) < 4.78 is 18.9. The molecule has 0 fully saturated rings. The minimum Gasteiger partial charge on any atom is -0.503 e. The molecule has 0 unspecified atom stereocenters. The maximum absolute atomic E-state index is 13.1. The summed E-state index contributed by atoms with van der Waals surface area (Å²) in [5, 5.41) is 20.4. The molecule has 0 amide bonds. The molecule has 1 aromatic heterocycles. The second kappa shape index (κ2) is 6.69. The Hall–Kier alpha value is -2.66. The van der Waals surface area contributed by atoms with Gasteiger partial charge < -0.3 is 20.9 Å². The fourth-order valence-electron chi connectivity index (χ4n) is 1.75. The Kier molecular flexibility index (Phi) is 4.99. The van der Waals surface area contributed by atoms with Crippen LogP contribution in [-0.2, 0) is 0 Å². The van der Waals surface area contributed by atoms with Gasteiger partial charge >= 0.3 is 0 Å². The zero-order chi connectivity index (χ0) is 18.8. The van der Waals surface area contributed by atoms with E-state index in [-0.39, 0.29) is 17.3 Å². The average molecular weight is 337 g/mol. The number of hydrogen-bond donors (Lipinski definition) is 3. The Balaban J connectivity index is 2.27. The molecule has 1 heterocycles. The number of benzene rings is 1. The van der Waals surface area contributed by atoms with Crippen LogP contribution < -0.4 is 15.8 Å². The summed E-state index contributed by atoms with van der Waals surface area (Å²) in [5.41, 5.74) is 6.17. The number of nitrogens with one attached hydrogen (secondary N) is 1. The van der Waals surface area contributed by atoms with Crippen LogP contribution in [0.15, 0.2) is 24.4 Å². The zero-order valence-electron chi connectivity index (χ0n) is 14.5. The van der Waals surface area contributed by atoms with Crippen LogP contribution in [0.3, 0.4) is 0 Å². The lowest BCUT2D eigenvalue weighted by molar-refractivity contribution is 0.0811. The van der Waals surface area contributed by atoms with Crippen LogP contribution >= 0.6 is 0 Å². The molecule has 0 saturated heterocycles. The predicted octanol–water partition coefficient (Wildman–Crippen LogP) is -2.98. The zero-order valence-corrected chi connectivity index (χ0v) is 14.5. The van der Waals surface area contributed by atoms with E-state index in [9.17, 15) is 14.8 Å². The molecule has 2 rings (SSSR count). The van der Waals surface area contributed by atoms with Crippen LogP contribution in [0.5, 0.6) is 5.75 Å². The number of aliphatic hydroxyl groups is 1. The average Bonchev–Trinajstić information content (AvgIpc) is 2.51. The Morgan fingerprint density at radius 3 is 2.56 bits per heavy atom. The third-order valence-corrected chi connectivity index (χ3v) is 3.97. The first kappa shape index (κ1) is 18.7. The lowest BCUT2D eigenvalue weighted by atomic mass is 9.42. The number of halogens is 1. The third-order valence-electron chi connectivity index (χ3n) is 3.97. The quantitative estimate of drug-likeness (QED) is 0.499. The number of hydrogen-bond acceptors (Lipinski definition) is 7. The molecule has 0 radical (unpaired) electrons. The maximum Gasteiger partial charge on any atom is 0.229 e. The first-order valence-electron chi connectivity index (χ1n) is 7.54. The molecule has 0 aliphatic carbocycles. The standard InChI is InChI=1S/C13H16B4FN5O2/c14-12(15,24)13(16,17)25-9-2-1-7(3-6(9)4-19)22-11-21-5-8(18)10(20)23-11/h1-3,5,24H,14-17H2,(H3,20,21,22,23). The molecule has 124 valence electrons. The van der Waals surface area contributed by atoms with E-state index < -0.39 is 16.6 Å². The van der Waals surface area contributed by atoms with Crippen molar-refractivity contribution in [1.29, 1.82) is 5.26 Å². The third kappa shape index (κ3) is 4.25. The largest absolute Gasteiger partial charge is 0.503 e. The van der Waals surface area contributed by atoms with Crippen LogP contribution in [0.25, 0.3) is 0 Å². The minimum absolute atomic E-state index is 0.105. The fraction of sp³-hybridized carbons (Fsp3) is 0.154. The Morgan fingerprint density at radius 1 is 1.32 bits per heavy atom. The van der Waals surface area contributed by atoms with Gasteiger partial charge in [-0.2, -0.15) is 10.2 Å². The van der Waals surface area contributed by atoms with Gasteiger partial charge in [-0.3, -0.25) is 0 Å². The van der Waals surface area contributed by atoms with Crippen molar-refractivity contribution in [3.8, 4) is 11.8 Å². The SMILES string of the molecule is BC(B)(O)C(B)(B)Oc1ccc(Nc2ncc(F)c(N)n2)cc1C#N. The highest BCUT2D eigenvalue weighted by Crippen LogP contribution is 2.27. The van der Waals surface area contributed by atoms with Gasteiger partial charge in [0.05, 0.1) is 17.2 Å². The molecule has 25 heavy (non-hydrogen) atoms. The molecule has 0 atom stereocenters. The van der Waals surface area contributed by atoms with E-state index in [1.54, 1.807) is 49.6 Å². The van der Waals surface area contributed by atoms with Crippen LogP contribution in [0.4, 0.5) is 21.8 Å². The van der Waals surface area contributed by atoms with Crippen LogP contribution in [0, 0.1) is 17.1 Å². The Bertz CT molecular complexity index is 838. The molecule has 0 aliphatic heterocycles. The summed E-state index contributed by atoms with van der Waals surface area (Å²) in [6.45, 7) is 0. The van der Waals surface area contributed by atoms with Crippen molar-refractivity contribution in [2.24, 2.45) is 0 Å². The van der Waals surface area contributed by atoms with Crippen molar-refractivity contribution in [2.45, 2.75) is 10.8 Å². The van der Waals surface area contributed by atoms with Gasteiger partial charge in [-0.15, -0.1) is 0 Å². The van der Waals surface area contributed by atoms with E-state index >= 15 is 0 Å². The fourth-order valence-corrected chi connectivity index (χ4v) is 1.75. The van der Waals surface area contributed by atoms with Gasteiger partial charge in [-0.25, -0.2) is 9.37 Å². The highest BCUT2D eigenvalue weighted by molar-refractivity contribution is 6.53. The second-order valence-electron chi connectivity index (χ2n) is 6.55. The molecule has 12 heteroatoms. The van der Waals surface area contributed by atoms with E-state index in [4.69, 9.17) is 10.5 Å². The highest BCUT2D eigenvalue weighted by Gasteiger charge is 2.36. The topological polar surface area (TPSA) is 117 Å². The van der Waals surface area contributed by atoms with Crippen molar-refractivity contribution in [2.75, 3.05) is 11.1 Å². The van der Waals surface area contributed by atoms with Crippen molar-refractivity contribution in [3.05, 3.63) is 35.8 Å². The molecule has 2 aromatic rings. The maximum atomic E-state index is 13.1. The smallest absolute Gasteiger partial charge is 0.229 e. The summed E-state index contributed by atoms with van der Waals surface area (Å²) in [4.78, 5) is 7.55. The molecule has 0 aliphatic rings. The number of nitrogen functional groups attached to an aromatic ring is 1. The van der Waals surface area contributed by atoms with E-state index in [1.807, 2.05) is 6.07 Å². The highest BCUT2D eigenvalue weighted by atomic mass is 19.1. The Labute approximate surface area is 148 Å². The summed E-state index contributed by atoms with van der Waals surface area (Å²) in [7, 11) is 6.72. The number of aromatic nitrogens is 2. The van der Waals surface area contributed by atoms with Crippen molar-refractivity contribution >= 4 is 48.8 Å². The molecule has 7 nitrogen and oxygen atoms in total. The number of rotatable bonds is 5. The van der Waals surface area contributed by atoms with E-state index in [2.05, 4.69) is 15.3 Å². The van der Waals surface area contributed by atoms with Crippen LogP contribution in [0.2, 0.25) is 0 Å². The van der Waals surface area contributed by atoms with Crippen LogP contribution in [0.1, 0.15) is 5.56 Å². The van der Waals surface area contributed by atoms with Gasteiger partial charge in [-0.1, -0.05) is 0 Å². The van der Waals surface area contributed by atoms with Gasteiger partial charge in [0.2, 0.25) is 5.95 Å². The molecule has 0 spiro atoms. The van der Waals surface area contributed by atoms with E-state index in [1.165, 1.54) is 0 Å². The number of nitrogens with zero attached hydrogens (tertiary/aromatic N) is 3. The monoisotopic (exact) mass is 337 g/mol. The first-order valence-corrected chi connectivity index (χ1v) is 7.54. The molecule has 0 bridgehead atoms. The van der Waals surface area contributed by atoms with Gasteiger partial charge in [0, 0.05) is 11.1 Å². The van der Waals surface area contributed by atoms with Crippen molar-refractivity contribution in [1.82, 2.24) is 9.97 Å². The lowest BCUT2D eigenvalue weighted by Crippen LogP contribution is -2.60. The number of anilines is 3. The van der Waals surface area contributed by atoms with Gasteiger partial charge in [0.25, 0.3) is 0 Å². The van der Waals surface area contributed by atoms with E-state index in [0.717, 1.165) is 6.20 Å². The summed E-state index contributed by atoms with van der Waals surface area (Å²) in [6.07, 6.45) is 0.958. The molecule has 4 N–H and O–H groups in total. The summed E-state index contributed by atoms with van der Waals surface area (Å²) >= 11 is 0. The van der Waals surface area contributed by atoms with Crippen molar-refractivity contribution in [3.63, 3.8) is 0 Å². The Morgan fingerprint density at radius 2 is 2.00 bits per heavy atom. The van der Waals surface area contributed by atoms with Gasteiger partial charge in [0.15, 0.2) is 11.6 Å².